The summed E-state index contributed by atoms with van der Waals surface area (Å²) in [7, 11) is 0. The maximum Gasteiger partial charge on any atom is 0.306 e. The lowest BCUT2D eigenvalue weighted by Gasteiger charge is -2.18. The first kappa shape index (κ1) is 64.1. The van der Waals surface area contributed by atoms with Crippen LogP contribution in [0, 0.1) is 0 Å². The molecule has 0 amide bonds. The van der Waals surface area contributed by atoms with Crippen LogP contribution in [0.25, 0.3) is 0 Å². The lowest BCUT2D eigenvalue weighted by atomic mass is 10.0. The van der Waals surface area contributed by atoms with Crippen molar-refractivity contribution in [3.63, 3.8) is 0 Å². The van der Waals surface area contributed by atoms with Crippen LogP contribution in [0.4, 0.5) is 0 Å². The molecule has 6 nitrogen and oxygen atoms in total. The Hall–Kier alpha value is -2.89. The molecule has 0 aromatic rings. The molecule has 0 bridgehead atoms. The zero-order valence-electron chi connectivity index (χ0n) is 44.4. The molecule has 0 fully saturated rings. The van der Waals surface area contributed by atoms with Gasteiger partial charge in [0.1, 0.15) is 13.2 Å². The maximum absolute atomic E-state index is 12.8. The molecule has 1 atom stereocenters. The Bertz CT molecular complexity index is 1210. The van der Waals surface area contributed by atoms with Crippen molar-refractivity contribution in [2.75, 3.05) is 13.2 Å². The number of carbonyl (C=O) groups excluding carboxylic acids is 3. The van der Waals surface area contributed by atoms with Crippen LogP contribution in [-0.2, 0) is 28.6 Å². The van der Waals surface area contributed by atoms with Gasteiger partial charge in [0, 0.05) is 19.3 Å². The van der Waals surface area contributed by atoms with Crippen LogP contribution in [0.15, 0.2) is 60.8 Å². The van der Waals surface area contributed by atoms with Crippen molar-refractivity contribution in [1.29, 1.82) is 0 Å². The molecule has 67 heavy (non-hydrogen) atoms. The van der Waals surface area contributed by atoms with E-state index < -0.39 is 6.10 Å². The van der Waals surface area contributed by atoms with Gasteiger partial charge >= 0.3 is 17.9 Å². The summed E-state index contributed by atoms with van der Waals surface area (Å²) in [5, 5.41) is 0. The minimum absolute atomic E-state index is 0.0929. The van der Waals surface area contributed by atoms with E-state index in [0.29, 0.717) is 19.3 Å². The zero-order valence-corrected chi connectivity index (χ0v) is 44.4. The van der Waals surface area contributed by atoms with E-state index in [-0.39, 0.29) is 37.5 Å². The first-order chi connectivity index (χ1) is 33.0. The number of unbranched alkanes of at least 4 members (excludes halogenated alkanes) is 31. The SMILES string of the molecule is CCCCC/C=C\C/C=C\C/C=C\C/C=C\C/C=C\CCC(=O)OC[C@H](COC(=O)CCCCCCCCCCCCCCC)OC(=O)CCCCCCCCCCCCCCCCCCC. The second kappa shape index (κ2) is 55.7. The molecular formula is C61H108O6. The Morgan fingerprint density at radius 3 is 0.925 bits per heavy atom. The standard InChI is InChI=1S/C61H108O6/c1-4-7-10-13-16-19-22-25-27-29-30-32-33-36-39-42-45-48-51-54-60(63)66-57-58(56-65-59(62)53-50-47-44-41-38-35-24-21-18-15-12-9-6-3)67-61(64)55-52-49-46-43-40-37-34-31-28-26-23-20-17-14-11-8-5-2/h16,19,25,27,30,32,36,39,45,48,58H,4-15,17-18,20-24,26,28-29,31,33-35,37-38,40-44,46-47,49-57H2,1-3H3/b19-16-,27-25-,32-30-,39-36-,48-45-/t58-/m0/s1. The Kier molecular flexibility index (Phi) is 53.3. The Morgan fingerprint density at radius 1 is 0.299 bits per heavy atom. The molecule has 0 saturated heterocycles. The van der Waals surface area contributed by atoms with E-state index in [1.165, 1.54) is 180 Å². The van der Waals surface area contributed by atoms with E-state index in [2.05, 4.69) is 75.5 Å². The van der Waals surface area contributed by atoms with Gasteiger partial charge in [-0.1, -0.05) is 274 Å². The Morgan fingerprint density at radius 2 is 0.567 bits per heavy atom. The molecule has 388 valence electrons. The molecule has 0 heterocycles. The highest BCUT2D eigenvalue weighted by Crippen LogP contribution is 2.16. The summed E-state index contributed by atoms with van der Waals surface area (Å²) in [4.78, 5) is 38.1. The number of allylic oxidation sites excluding steroid dienone is 10. The van der Waals surface area contributed by atoms with E-state index in [9.17, 15) is 14.4 Å². The van der Waals surface area contributed by atoms with E-state index in [4.69, 9.17) is 14.2 Å². The molecule has 0 radical (unpaired) electrons. The van der Waals surface area contributed by atoms with E-state index in [1.807, 2.05) is 6.08 Å². The summed E-state index contributed by atoms with van der Waals surface area (Å²) in [5.41, 5.74) is 0. The summed E-state index contributed by atoms with van der Waals surface area (Å²) < 4.78 is 16.8. The molecule has 0 rings (SSSR count). The van der Waals surface area contributed by atoms with E-state index in [1.54, 1.807) is 0 Å². The number of esters is 3. The second-order valence-electron chi connectivity index (χ2n) is 19.2. The zero-order chi connectivity index (χ0) is 48.6. The highest BCUT2D eigenvalue weighted by Gasteiger charge is 2.19. The van der Waals surface area contributed by atoms with Gasteiger partial charge in [0.25, 0.3) is 0 Å². The topological polar surface area (TPSA) is 78.9 Å². The Labute approximate surface area is 415 Å². The smallest absolute Gasteiger partial charge is 0.306 e. The first-order valence-corrected chi connectivity index (χ1v) is 28.8. The number of rotatable bonds is 52. The van der Waals surface area contributed by atoms with Crippen molar-refractivity contribution >= 4 is 17.9 Å². The van der Waals surface area contributed by atoms with Gasteiger partial charge in [0.2, 0.25) is 0 Å². The molecule has 0 unspecified atom stereocenters. The summed E-state index contributed by atoms with van der Waals surface area (Å²) in [5.74, 6) is -0.966. The summed E-state index contributed by atoms with van der Waals surface area (Å²) in [6.07, 6.45) is 69.3. The third-order valence-corrected chi connectivity index (χ3v) is 12.5. The van der Waals surface area contributed by atoms with Gasteiger partial charge in [-0.2, -0.15) is 0 Å². The minimum Gasteiger partial charge on any atom is -0.462 e. The van der Waals surface area contributed by atoms with Crippen LogP contribution < -0.4 is 0 Å². The fourth-order valence-corrected chi connectivity index (χ4v) is 8.19. The molecule has 0 saturated carbocycles. The summed E-state index contributed by atoms with van der Waals surface area (Å²) >= 11 is 0. The van der Waals surface area contributed by atoms with E-state index >= 15 is 0 Å². The van der Waals surface area contributed by atoms with Crippen molar-refractivity contribution in [2.24, 2.45) is 0 Å². The molecule has 6 heteroatoms. The number of hydrogen-bond donors (Lipinski definition) is 0. The highest BCUT2D eigenvalue weighted by atomic mass is 16.6. The third-order valence-electron chi connectivity index (χ3n) is 12.5. The van der Waals surface area contributed by atoms with Crippen LogP contribution in [0.5, 0.6) is 0 Å². The van der Waals surface area contributed by atoms with Gasteiger partial charge in [-0.25, -0.2) is 0 Å². The van der Waals surface area contributed by atoms with Gasteiger partial charge < -0.3 is 14.2 Å². The number of hydrogen-bond acceptors (Lipinski definition) is 6. The lowest BCUT2D eigenvalue weighted by Crippen LogP contribution is -2.30. The van der Waals surface area contributed by atoms with Gasteiger partial charge in [0.05, 0.1) is 0 Å². The number of carbonyl (C=O) groups is 3. The average molecular weight is 938 g/mol. The molecular weight excluding hydrogens is 829 g/mol. The van der Waals surface area contributed by atoms with Crippen LogP contribution >= 0.6 is 0 Å². The predicted octanol–water partition coefficient (Wildman–Crippen LogP) is 19.2. The second-order valence-corrected chi connectivity index (χ2v) is 19.2. The largest absolute Gasteiger partial charge is 0.462 e. The van der Waals surface area contributed by atoms with Gasteiger partial charge in [0.15, 0.2) is 6.10 Å². The molecule has 0 aromatic heterocycles. The third kappa shape index (κ3) is 53.9. The average Bonchev–Trinajstić information content (AvgIpc) is 3.33. The molecule has 0 aromatic carbocycles. The molecule has 0 aliphatic rings. The summed E-state index contributed by atoms with van der Waals surface area (Å²) in [6.45, 7) is 6.58. The van der Waals surface area contributed by atoms with Gasteiger partial charge in [-0.15, -0.1) is 0 Å². The highest BCUT2D eigenvalue weighted by molar-refractivity contribution is 5.71. The minimum atomic E-state index is -0.800. The monoisotopic (exact) mass is 937 g/mol. The van der Waals surface area contributed by atoms with Gasteiger partial charge in [-0.05, 0) is 57.8 Å². The van der Waals surface area contributed by atoms with Crippen molar-refractivity contribution in [1.82, 2.24) is 0 Å². The fourth-order valence-electron chi connectivity index (χ4n) is 8.19. The van der Waals surface area contributed by atoms with E-state index in [0.717, 1.165) is 64.2 Å². The molecule has 0 aliphatic carbocycles. The van der Waals surface area contributed by atoms with Crippen molar-refractivity contribution in [3.8, 4) is 0 Å². The number of ether oxygens (including phenoxy) is 3. The molecule has 0 N–H and O–H groups in total. The van der Waals surface area contributed by atoms with Crippen LogP contribution in [0.2, 0.25) is 0 Å². The molecule has 0 spiro atoms. The maximum atomic E-state index is 12.8. The quantitative estimate of drug-likeness (QED) is 0.0262. The normalized spacial score (nSPS) is 12.5. The molecule has 0 aliphatic heterocycles. The Balaban J connectivity index is 4.45. The van der Waals surface area contributed by atoms with Crippen LogP contribution in [0.3, 0.4) is 0 Å². The van der Waals surface area contributed by atoms with Crippen molar-refractivity contribution < 1.29 is 28.6 Å². The van der Waals surface area contributed by atoms with Gasteiger partial charge in [-0.3, -0.25) is 14.4 Å². The lowest BCUT2D eigenvalue weighted by molar-refractivity contribution is -0.166. The fraction of sp³-hybridized carbons (Fsp3) is 0.787. The first-order valence-electron chi connectivity index (χ1n) is 28.8. The van der Waals surface area contributed by atoms with Crippen molar-refractivity contribution in [3.05, 3.63) is 60.8 Å². The van der Waals surface area contributed by atoms with Crippen molar-refractivity contribution in [2.45, 2.75) is 297 Å². The predicted molar refractivity (Wildman–Crippen MR) is 288 cm³/mol. The summed E-state index contributed by atoms with van der Waals surface area (Å²) in [6, 6.07) is 0. The van der Waals surface area contributed by atoms with Crippen LogP contribution in [0.1, 0.15) is 290 Å². The van der Waals surface area contributed by atoms with Crippen LogP contribution in [-0.4, -0.2) is 37.2 Å².